The van der Waals surface area contributed by atoms with Crippen LogP contribution in [0.15, 0.2) is 48.5 Å². The Morgan fingerprint density at radius 2 is 1.61 bits per heavy atom. The van der Waals surface area contributed by atoms with Crippen molar-refractivity contribution in [1.82, 2.24) is 10.2 Å². The van der Waals surface area contributed by atoms with Crippen LogP contribution in [0.1, 0.15) is 30.5 Å². The van der Waals surface area contributed by atoms with Crippen LogP contribution in [0.5, 0.6) is 0 Å². The molecule has 1 atom stereocenters. The maximum Gasteiger partial charge on any atom is 0.244 e. The van der Waals surface area contributed by atoms with E-state index in [2.05, 4.69) is 5.32 Å². The van der Waals surface area contributed by atoms with Gasteiger partial charge in [-0.05, 0) is 43.0 Å². The number of sulfonamides is 1. The highest BCUT2D eigenvalue weighted by molar-refractivity contribution is 7.92. The van der Waals surface area contributed by atoms with E-state index in [0.29, 0.717) is 12.1 Å². The molecular formula is C23H31N3O4S. The predicted molar refractivity (Wildman–Crippen MR) is 123 cm³/mol. The van der Waals surface area contributed by atoms with Gasteiger partial charge in [0, 0.05) is 13.6 Å². The fraction of sp³-hybridized carbons (Fsp3) is 0.391. The second-order valence-corrected chi connectivity index (χ2v) is 9.40. The van der Waals surface area contributed by atoms with E-state index in [1.165, 1.54) is 11.9 Å². The van der Waals surface area contributed by atoms with Crippen LogP contribution in [-0.4, -0.2) is 51.0 Å². The number of hydrogen-bond acceptors (Lipinski definition) is 4. The van der Waals surface area contributed by atoms with Crippen LogP contribution in [0.3, 0.4) is 0 Å². The van der Waals surface area contributed by atoms with Gasteiger partial charge in [-0.15, -0.1) is 0 Å². The summed E-state index contributed by atoms with van der Waals surface area (Å²) in [6.07, 6.45) is 1.71. The predicted octanol–water partition coefficient (Wildman–Crippen LogP) is 2.49. The van der Waals surface area contributed by atoms with Crippen molar-refractivity contribution in [3.05, 3.63) is 65.2 Å². The van der Waals surface area contributed by atoms with Crippen molar-refractivity contribution in [1.29, 1.82) is 0 Å². The average molecular weight is 446 g/mol. The van der Waals surface area contributed by atoms with E-state index in [1.807, 2.05) is 50.2 Å². The third-order valence-corrected chi connectivity index (χ3v) is 6.46. The second kappa shape index (κ2) is 10.4. The Balaban J connectivity index is 2.44. The van der Waals surface area contributed by atoms with Crippen LogP contribution in [0.2, 0.25) is 0 Å². The molecule has 0 saturated heterocycles. The molecule has 0 unspecified atom stereocenters. The highest BCUT2D eigenvalue weighted by Gasteiger charge is 2.30. The van der Waals surface area contributed by atoms with Gasteiger partial charge in [0.15, 0.2) is 0 Å². The highest BCUT2D eigenvalue weighted by atomic mass is 32.2. The van der Waals surface area contributed by atoms with Gasteiger partial charge in [0.05, 0.1) is 11.9 Å². The maximum absolute atomic E-state index is 13.4. The second-order valence-electron chi connectivity index (χ2n) is 7.49. The first-order chi connectivity index (χ1) is 14.6. The number of amides is 2. The Morgan fingerprint density at radius 3 is 2.16 bits per heavy atom. The number of likely N-dealkylation sites (N-methyl/N-ethyl adjacent to an activating group) is 1. The fourth-order valence-electron chi connectivity index (χ4n) is 3.41. The molecule has 8 heteroatoms. The number of hydrogen-bond donors (Lipinski definition) is 1. The SMILES string of the molecule is CCc1ccccc1N(CC(=O)N(Cc1ccccc1C)[C@H](C)C(=O)NC)S(C)(=O)=O. The number of anilines is 1. The van der Waals surface area contributed by atoms with Crippen molar-refractivity contribution in [2.24, 2.45) is 0 Å². The molecule has 2 aromatic carbocycles. The first-order valence-corrected chi connectivity index (χ1v) is 12.1. The Morgan fingerprint density at radius 1 is 1.03 bits per heavy atom. The third-order valence-electron chi connectivity index (χ3n) is 5.34. The highest BCUT2D eigenvalue weighted by Crippen LogP contribution is 2.24. The number of aryl methyl sites for hydroxylation is 2. The molecule has 0 aliphatic carbocycles. The van der Waals surface area contributed by atoms with Crippen molar-refractivity contribution in [3.63, 3.8) is 0 Å². The molecule has 168 valence electrons. The number of nitrogens with one attached hydrogen (secondary N) is 1. The lowest BCUT2D eigenvalue weighted by atomic mass is 10.1. The number of nitrogens with zero attached hydrogens (tertiary/aromatic N) is 2. The number of benzene rings is 2. The van der Waals surface area contributed by atoms with Gasteiger partial charge in [0.2, 0.25) is 21.8 Å². The van der Waals surface area contributed by atoms with E-state index < -0.39 is 22.0 Å². The summed E-state index contributed by atoms with van der Waals surface area (Å²) in [6.45, 7) is 5.32. The van der Waals surface area contributed by atoms with Crippen LogP contribution in [-0.2, 0) is 32.6 Å². The van der Waals surface area contributed by atoms with Crippen molar-refractivity contribution in [2.75, 3.05) is 24.2 Å². The van der Waals surface area contributed by atoms with Crippen LogP contribution < -0.4 is 9.62 Å². The maximum atomic E-state index is 13.4. The molecule has 0 fully saturated rings. The van der Waals surface area contributed by atoms with E-state index >= 15 is 0 Å². The van der Waals surface area contributed by atoms with Gasteiger partial charge in [-0.2, -0.15) is 0 Å². The van der Waals surface area contributed by atoms with Crippen molar-refractivity contribution in [2.45, 2.75) is 39.8 Å². The van der Waals surface area contributed by atoms with Gasteiger partial charge in [-0.1, -0.05) is 49.4 Å². The van der Waals surface area contributed by atoms with E-state index in [4.69, 9.17) is 0 Å². The van der Waals surface area contributed by atoms with E-state index in [0.717, 1.165) is 27.3 Å². The van der Waals surface area contributed by atoms with Gasteiger partial charge in [0.25, 0.3) is 0 Å². The summed E-state index contributed by atoms with van der Waals surface area (Å²) in [5, 5.41) is 2.57. The zero-order valence-electron chi connectivity index (χ0n) is 18.8. The molecule has 0 heterocycles. The quantitative estimate of drug-likeness (QED) is 0.642. The average Bonchev–Trinajstić information content (AvgIpc) is 2.74. The van der Waals surface area contributed by atoms with E-state index in [1.54, 1.807) is 19.1 Å². The zero-order valence-corrected chi connectivity index (χ0v) is 19.6. The van der Waals surface area contributed by atoms with E-state index in [-0.39, 0.29) is 19.0 Å². The van der Waals surface area contributed by atoms with Crippen molar-refractivity contribution in [3.8, 4) is 0 Å². The molecule has 0 bridgehead atoms. The number of carbonyl (C=O) groups excluding carboxylic acids is 2. The lowest BCUT2D eigenvalue weighted by Gasteiger charge is -2.32. The zero-order chi connectivity index (χ0) is 23.2. The van der Waals surface area contributed by atoms with Crippen molar-refractivity contribution >= 4 is 27.5 Å². The Labute approximate surface area is 185 Å². The summed E-state index contributed by atoms with van der Waals surface area (Å²) >= 11 is 0. The lowest BCUT2D eigenvalue weighted by molar-refractivity contribution is -0.139. The molecule has 31 heavy (non-hydrogen) atoms. The normalized spacial score (nSPS) is 12.2. The van der Waals surface area contributed by atoms with Crippen LogP contribution >= 0.6 is 0 Å². The molecule has 0 aliphatic heterocycles. The molecule has 0 aliphatic rings. The smallest absolute Gasteiger partial charge is 0.244 e. The Kier molecular flexibility index (Phi) is 8.21. The van der Waals surface area contributed by atoms with Gasteiger partial charge >= 0.3 is 0 Å². The van der Waals surface area contributed by atoms with Crippen molar-refractivity contribution < 1.29 is 18.0 Å². The van der Waals surface area contributed by atoms with E-state index in [9.17, 15) is 18.0 Å². The number of rotatable bonds is 9. The summed E-state index contributed by atoms with van der Waals surface area (Å²) < 4.78 is 26.3. The van der Waals surface area contributed by atoms with Gasteiger partial charge in [-0.25, -0.2) is 8.42 Å². The largest absolute Gasteiger partial charge is 0.357 e. The summed E-state index contributed by atoms with van der Waals surface area (Å²) in [5.74, 6) is -0.766. The fourth-order valence-corrected chi connectivity index (χ4v) is 4.29. The molecule has 0 saturated carbocycles. The van der Waals surface area contributed by atoms with Gasteiger partial charge in [-0.3, -0.25) is 13.9 Å². The molecule has 7 nitrogen and oxygen atoms in total. The van der Waals surface area contributed by atoms with Crippen LogP contribution in [0.4, 0.5) is 5.69 Å². The van der Waals surface area contributed by atoms with Crippen LogP contribution in [0, 0.1) is 6.92 Å². The van der Waals surface area contributed by atoms with Gasteiger partial charge < -0.3 is 10.2 Å². The summed E-state index contributed by atoms with van der Waals surface area (Å²) in [5.41, 5.74) is 3.18. The third kappa shape index (κ3) is 6.07. The molecule has 0 spiro atoms. The molecule has 2 aromatic rings. The summed E-state index contributed by atoms with van der Waals surface area (Å²) in [6, 6.07) is 14.0. The van der Waals surface area contributed by atoms with Gasteiger partial charge in [0.1, 0.15) is 12.6 Å². The molecule has 0 radical (unpaired) electrons. The lowest BCUT2D eigenvalue weighted by Crippen LogP contribution is -2.50. The standard InChI is InChI=1S/C23H31N3O4S/c1-6-19-12-9-10-14-21(19)26(31(5,29)30)16-22(27)25(18(3)23(28)24-4)15-20-13-8-7-11-17(20)2/h7-14,18H,6,15-16H2,1-5H3,(H,24,28)/t18-/m1/s1. The molecule has 1 N–H and O–H groups in total. The molecule has 2 amide bonds. The number of para-hydroxylation sites is 1. The Bertz CT molecular complexity index is 1040. The topological polar surface area (TPSA) is 86.8 Å². The number of carbonyl (C=O) groups is 2. The monoisotopic (exact) mass is 445 g/mol. The summed E-state index contributed by atoms with van der Waals surface area (Å²) in [7, 11) is -2.22. The molecular weight excluding hydrogens is 414 g/mol. The first-order valence-electron chi connectivity index (χ1n) is 10.2. The minimum absolute atomic E-state index is 0.202. The first kappa shape index (κ1) is 24.4. The summed E-state index contributed by atoms with van der Waals surface area (Å²) in [4.78, 5) is 27.2. The molecule has 0 aromatic heterocycles. The Hall–Kier alpha value is -2.87. The molecule has 2 rings (SSSR count). The minimum atomic E-state index is -3.73. The minimum Gasteiger partial charge on any atom is -0.357 e. The van der Waals surface area contributed by atoms with Crippen LogP contribution in [0.25, 0.3) is 0 Å².